The summed E-state index contributed by atoms with van der Waals surface area (Å²) in [6, 6.07) is 5.46. The fourth-order valence-corrected chi connectivity index (χ4v) is 1.11. The van der Waals surface area contributed by atoms with E-state index < -0.39 is 0 Å². The fraction of sp³-hybridized carbons (Fsp3) is 0.273. The number of hydrogen-bond donors (Lipinski definition) is 0. The summed E-state index contributed by atoms with van der Waals surface area (Å²) in [5.74, 6) is 7.46. The van der Waals surface area contributed by atoms with Gasteiger partial charge >= 0.3 is 0 Å². The summed E-state index contributed by atoms with van der Waals surface area (Å²) in [5, 5.41) is 0. The normalized spacial score (nSPS) is 8.79. The average molecular weight is 211 g/mol. The van der Waals surface area contributed by atoms with Crippen LogP contribution in [0.1, 0.15) is 5.56 Å². The van der Waals surface area contributed by atoms with Crippen molar-refractivity contribution in [3.05, 3.63) is 23.8 Å². The summed E-state index contributed by atoms with van der Waals surface area (Å²) in [5.41, 5.74) is 0.785. The average Bonchev–Trinajstić information content (AvgIpc) is 2.25. The van der Waals surface area contributed by atoms with Crippen molar-refractivity contribution in [2.75, 3.05) is 20.1 Å². The van der Waals surface area contributed by atoms with Gasteiger partial charge in [-0.1, -0.05) is 11.8 Å². The predicted octanol–water partition coefficient (Wildman–Crippen LogP) is 2.29. The molecule has 0 heterocycles. The van der Waals surface area contributed by atoms with Gasteiger partial charge in [0.05, 0.1) is 25.7 Å². The molecule has 0 aliphatic heterocycles. The molecule has 14 heavy (non-hydrogen) atoms. The third kappa shape index (κ3) is 2.58. The highest BCUT2D eigenvalue weighted by Crippen LogP contribution is 2.22. The lowest BCUT2D eigenvalue weighted by atomic mass is 10.2. The van der Waals surface area contributed by atoms with E-state index in [4.69, 9.17) is 21.1 Å². The van der Waals surface area contributed by atoms with Crippen LogP contribution in [-0.2, 0) is 0 Å². The van der Waals surface area contributed by atoms with Gasteiger partial charge in [-0.25, -0.2) is 0 Å². The lowest BCUT2D eigenvalue weighted by molar-refractivity contribution is 0.402. The van der Waals surface area contributed by atoms with Crippen LogP contribution in [0, 0.1) is 11.8 Å². The Hall–Kier alpha value is -1.33. The van der Waals surface area contributed by atoms with Crippen LogP contribution in [-0.4, -0.2) is 20.1 Å². The van der Waals surface area contributed by atoms with Gasteiger partial charge in [-0.3, -0.25) is 0 Å². The first kappa shape index (κ1) is 10.7. The van der Waals surface area contributed by atoms with Crippen LogP contribution in [0.2, 0.25) is 0 Å². The number of methoxy groups -OCH3 is 2. The summed E-state index contributed by atoms with van der Waals surface area (Å²) in [6.07, 6.45) is 0. The zero-order valence-electron chi connectivity index (χ0n) is 8.13. The van der Waals surface area contributed by atoms with Gasteiger partial charge in [0.2, 0.25) is 0 Å². The smallest absolute Gasteiger partial charge is 0.134 e. The largest absolute Gasteiger partial charge is 0.497 e. The molecule has 0 saturated heterocycles. The third-order valence-electron chi connectivity index (χ3n) is 1.70. The Morgan fingerprint density at radius 1 is 1.29 bits per heavy atom. The number of benzene rings is 1. The Morgan fingerprint density at radius 2 is 2.07 bits per heavy atom. The first-order chi connectivity index (χ1) is 6.81. The van der Waals surface area contributed by atoms with Crippen molar-refractivity contribution in [3.8, 4) is 23.3 Å². The fourth-order valence-electron chi connectivity index (χ4n) is 1.04. The topological polar surface area (TPSA) is 18.5 Å². The highest BCUT2D eigenvalue weighted by Gasteiger charge is 2.01. The molecule has 1 rings (SSSR count). The highest BCUT2D eigenvalue weighted by atomic mass is 35.5. The van der Waals surface area contributed by atoms with E-state index in [-0.39, 0.29) is 0 Å². The molecule has 0 bridgehead atoms. The Labute approximate surface area is 88.8 Å². The van der Waals surface area contributed by atoms with Crippen LogP contribution < -0.4 is 9.47 Å². The maximum Gasteiger partial charge on any atom is 0.134 e. The van der Waals surface area contributed by atoms with Crippen LogP contribution >= 0.6 is 11.6 Å². The van der Waals surface area contributed by atoms with Gasteiger partial charge in [0.15, 0.2) is 0 Å². The maximum absolute atomic E-state index is 5.47. The molecule has 0 aliphatic rings. The zero-order chi connectivity index (χ0) is 10.4. The molecule has 74 valence electrons. The van der Waals surface area contributed by atoms with E-state index in [0.717, 1.165) is 17.1 Å². The molecule has 0 aliphatic carbocycles. The van der Waals surface area contributed by atoms with Gasteiger partial charge in [0.1, 0.15) is 11.5 Å². The third-order valence-corrected chi connectivity index (χ3v) is 1.83. The standard InChI is InChI=1S/C11H11ClO2/c1-13-10-5-6-11(14-2)9(8-10)4-3-7-12/h5-6,8H,7H2,1-2H3. The maximum atomic E-state index is 5.47. The summed E-state index contributed by atoms with van der Waals surface area (Å²) in [7, 11) is 3.22. The minimum Gasteiger partial charge on any atom is -0.497 e. The number of hydrogen-bond acceptors (Lipinski definition) is 2. The van der Waals surface area contributed by atoms with E-state index in [1.165, 1.54) is 0 Å². The molecule has 0 aromatic heterocycles. The molecule has 3 heteroatoms. The molecule has 2 nitrogen and oxygen atoms in total. The number of alkyl halides is 1. The molecule has 0 saturated carbocycles. The Balaban J connectivity index is 3.08. The van der Waals surface area contributed by atoms with Gasteiger partial charge in [0, 0.05) is 0 Å². The number of rotatable bonds is 2. The summed E-state index contributed by atoms with van der Waals surface area (Å²) < 4.78 is 10.2. The summed E-state index contributed by atoms with van der Waals surface area (Å²) in [6.45, 7) is 0. The first-order valence-electron chi connectivity index (χ1n) is 4.08. The minimum absolute atomic E-state index is 0.306. The van der Waals surface area contributed by atoms with Crippen LogP contribution in [0.4, 0.5) is 0 Å². The van der Waals surface area contributed by atoms with Crippen LogP contribution in [0.5, 0.6) is 11.5 Å². The molecule has 0 amide bonds. The first-order valence-corrected chi connectivity index (χ1v) is 4.62. The monoisotopic (exact) mass is 210 g/mol. The zero-order valence-corrected chi connectivity index (χ0v) is 8.89. The van der Waals surface area contributed by atoms with Gasteiger partial charge in [-0.05, 0) is 18.2 Å². The van der Waals surface area contributed by atoms with E-state index in [0.29, 0.717) is 5.88 Å². The lowest BCUT2D eigenvalue weighted by Gasteiger charge is -2.05. The summed E-state index contributed by atoms with van der Waals surface area (Å²) in [4.78, 5) is 0. The van der Waals surface area contributed by atoms with Crippen molar-refractivity contribution in [2.45, 2.75) is 0 Å². The molecule has 0 unspecified atom stereocenters. The summed E-state index contributed by atoms with van der Waals surface area (Å²) >= 11 is 5.47. The van der Waals surface area contributed by atoms with Crippen LogP contribution in [0.15, 0.2) is 18.2 Å². The quantitative estimate of drug-likeness (QED) is 0.551. The van der Waals surface area contributed by atoms with E-state index >= 15 is 0 Å². The second kappa shape index (κ2) is 5.41. The van der Waals surface area contributed by atoms with Gasteiger partial charge in [0.25, 0.3) is 0 Å². The van der Waals surface area contributed by atoms with Gasteiger partial charge < -0.3 is 9.47 Å². The van der Waals surface area contributed by atoms with Gasteiger partial charge in [-0.15, -0.1) is 11.6 Å². The second-order valence-corrected chi connectivity index (χ2v) is 2.77. The molecular formula is C11H11ClO2. The molecule has 0 fully saturated rings. The van der Waals surface area contributed by atoms with Crippen LogP contribution in [0.25, 0.3) is 0 Å². The molecule has 0 atom stereocenters. The van der Waals surface area contributed by atoms with E-state index in [9.17, 15) is 0 Å². The van der Waals surface area contributed by atoms with E-state index in [2.05, 4.69) is 11.8 Å². The SMILES string of the molecule is COc1ccc(OC)c(C#CCCl)c1. The van der Waals surface area contributed by atoms with E-state index in [1.807, 2.05) is 18.2 Å². The minimum atomic E-state index is 0.306. The second-order valence-electron chi connectivity index (χ2n) is 2.50. The van der Waals surface area contributed by atoms with Crippen molar-refractivity contribution >= 4 is 11.6 Å². The molecule has 0 spiro atoms. The lowest BCUT2D eigenvalue weighted by Crippen LogP contribution is -1.90. The molecular weight excluding hydrogens is 200 g/mol. The Bertz CT molecular complexity index is 363. The van der Waals surface area contributed by atoms with Crippen molar-refractivity contribution in [2.24, 2.45) is 0 Å². The van der Waals surface area contributed by atoms with E-state index in [1.54, 1.807) is 14.2 Å². The van der Waals surface area contributed by atoms with Crippen molar-refractivity contribution in [3.63, 3.8) is 0 Å². The molecule has 0 radical (unpaired) electrons. The highest BCUT2D eigenvalue weighted by molar-refractivity contribution is 6.19. The number of halogens is 1. The molecule has 0 N–H and O–H groups in total. The molecule has 1 aromatic carbocycles. The molecule has 1 aromatic rings. The van der Waals surface area contributed by atoms with Crippen LogP contribution in [0.3, 0.4) is 0 Å². The van der Waals surface area contributed by atoms with Crippen molar-refractivity contribution < 1.29 is 9.47 Å². The number of ether oxygens (including phenoxy) is 2. The van der Waals surface area contributed by atoms with Gasteiger partial charge in [-0.2, -0.15) is 0 Å². The Morgan fingerprint density at radius 3 is 2.64 bits per heavy atom. The Kier molecular flexibility index (Phi) is 4.15. The van der Waals surface area contributed by atoms with Crippen molar-refractivity contribution in [1.29, 1.82) is 0 Å². The predicted molar refractivity (Wildman–Crippen MR) is 57.1 cm³/mol. The van der Waals surface area contributed by atoms with Crippen molar-refractivity contribution in [1.82, 2.24) is 0 Å².